The molecule has 1 aromatic heterocycles. The standard InChI is InChI=1S/C24H32N2O3/c1-18(2)20-6-3-7-21(15-20)22-8-9-23(29-22)24(27)26-10-4-5-19(17-26)16-25-11-13-28-14-12-25/h3,6-9,15,18-19H,4-5,10-14,16-17H2,1-2H3/t19-/m1/s1. The van der Waals surface area contributed by atoms with E-state index in [1.54, 1.807) is 0 Å². The van der Waals surface area contributed by atoms with Crippen LogP contribution in [0.5, 0.6) is 0 Å². The van der Waals surface area contributed by atoms with Crippen molar-refractivity contribution in [1.29, 1.82) is 0 Å². The van der Waals surface area contributed by atoms with Gasteiger partial charge in [-0.15, -0.1) is 0 Å². The Morgan fingerprint density at radius 3 is 2.76 bits per heavy atom. The van der Waals surface area contributed by atoms with Crippen LogP contribution in [0, 0.1) is 5.92 Å². The van der Waals surface area contributed by atoms with E-state index >= 15 is 0 Å². The predicted molar refractivity (Wildman–Crippen MR) is 114 cm³/mol. The van der Waals surface area contributed by atoms with Crippen molar-refractivity contribution in [3.05, 3.63) is 47.7 Å². The fourth-order valence-corrected chi connectivity index (χ4v) is 4.36. The van der Waals surface area contributed by atoms with Gasteiger partial charge in [0.15, 0.2) is 5.76 Å². The van der Waals surface area contributed by atoms with E-state index in [9.17, 15) is 4.79 Å². The molecule has 0 saturated carbocycles. The zero-order chi connectivity index (χ0) is 20.2. The third-order valence-corrected chi connectivity index (χ3v) is 6.08. The summed E-state index contributed by atoms with van der Waals surface area (Å²) in [5, 5.41) is 0. The number of amides is 1. The molecule has 2 saturated heterocycles. The summed E-state index contributed by atoms with van der Waals surface area (Å²) in [5.74, 6) is 2.22. The maximum absolute atomic E-state index is 13.1. The van der Waals surface area contributed by atoms with Gasteiger partial charge in [0, 0.05) is 38.3 Å². The number of carbonyl (C=O) groups excluding carboxylic acids is 1. The summed E-state index contributed by atoms with van der Waals surface area (Å²) in [4.78, 5) is 17.5. The number of hydrogen-bond donors (Lipinski definition) is 0. The van der Waals surface area contributed by atoms with Crippen molar-refractivity contribution in [3.8, 4) is 11.3 Å². The van der Waals surface area contributed by atoms with Crippen molar-refractivity contribution < 1.29 is 13.9 Å². The molecule has 2 aliphatic rings. The van der Waals surface area contributed by atoms with Gasteiger partial charge in [-0.2, -0.15) is 0 Å². The van der Waals surface area contributed by atoms with E-state index in [1.807, 2.05) is 23.1 Å². The minimum atomic E-state index is 0.0166. The number of benzene rings is 1. The van der Waals surface area contributed by atoms with Gasteiger partial charge < -0.3 is 14.1 Å². The fourth-order valence-electron chi connectivity index (χ4n) is 4.36. The minimum Gasteiger partial charge on any atom is -0.451 e. The SMILES string of the molecule is CC(C)c1cccc(-c2ccc(C(=O)N3CCC[C@H](CN4CCOCC4)C3)o2)c1. The van der Waals surface area contributed by atoms with E-state index in [-0.39, 0.29) is 5.91 Å². The summed E-state index contributed by atoms with van der Waals surface area (Å²) in [5.41, 5.74) is 2.30. The van der Waals surface area contributed by atoms with Crippen molar-refractivity contribution in [2.45, 2.75) is 32.6 Å². The molecular weight excluding hydrogens is 364 g/mol. The van der Waals surface area contributed by atoms with Crippen molar-refractivity contribution in [2.24, 2.45) is 5.92 Å². The largest absolute Gasteiger partial charge is 0.451 e. The fraction of sp³-hybridized carbons (Fsp3) is 0.542. The highest BCUT2D eigenvalue weighted by atomic mass is 16.5. The Morgan fingerprint density at radius 1 is 1.14 bits per heavy atom. The highest BCUT2D eigenvalue weighted by molar-refractivity contribution is 5.92. The predicted octanol–water partition coefficient (Wildman–Crippen LogP) is 4.25. The number of rotatable bonds is 5. The molecule has 2 fully saturated rings. The molecule has 1 aromatic carbocycles. The topological polar surface area (TPSA) is 45.9 Å². The molecule has 2 aliphatic heterocycles. The van der Waals surface area contributed by atoms with E-state index in [0.29, 0.717) is 17.6 Å². The second kappa shape index (κ2) is 9.14. The number of piperidine rings is 1. The molecule has 3 heterocycles. The van der Waals surface area contributed by atoms with Crippen LogP contribution in [0.4, 0.5) is 0 Å². The summed E-state index contributed by atoms with van der Waals surface area (Å²) >= 11 is 0. The van der Waals surface area contributed by atoms with Crippen LogP contribution < -0.4 is 0 Å². The van der Waals surface area contributed by atoms with E-state index < -0.39 is 0 Å². The van der Waals surface area contributed by atoms with Gasteiger partial charge in [0.05, 0.1) is 13.2 Å². The first-order valence-electron chi connectivity index (χ1n) is 10.9. The van der Waals surface area contributed by atoms with Crippen LogP contribution in [0.3, 0.4) is 0 Å². The highest BCUT2D eigenvalue weighted by Gasteiger charge is 2.28. The normalized spacial score (nSPS) is 20.9. The van der Waals surface area contributed by atoms with E-state index in [2.05, 4.69) is 36.9 Å². The van der Waals surface area contributed by atoms with Gasteiger partial charge in [0.1, 0.15) is 5.76 Å². The van der Waals surface area contributed by atoms with Crippen molar-refractivity contribution in [2.75, 3.05) is 45.9 Å². The minimum absolute atomic E-state index is 0.0166. The third-order valence-electron chi connectivity index (χ3n) is 6.08. The molecule has 5 nitrogen and oxygen atoms in total. The van der Waals surface area contributed by atoms with Crippen LogP contribution in [0.25, 0.3) is 11.3 Å². The molecule has 0 aliphatic carbocycles. The average molecular weight is 397 g/mol. The number of morpholine rings is 1. The number of likely N-dealkylation sites (tertiary alicyclic amines) is 1. The van der Waals surface area contributed by atoms with Crippen molar-refractivity contribution in [3.63, 3.8) is 0 Å². The molecule has 156 valence electrons. The van der Waals surface area contributed by atoms with Crippen molar-refractivity contribution in [1.82, 2.24) is 9.80 Å². The maximum Gasteiger partial charge on any atom is 0.289 e. The highest BCUT2D eigenvalue weighted by Crippen LogP contribution is 2.27. The van der Waals surface area contributed by atoms with Crippen LogP contribution in [0.15, 0.2) is 40.8 Å². The first-order valence-corrected chi connectivity index (χ1v) is 10.9. The second-order valence-electron chi connectivity index (χ2n) is 8.62. The Morgan fingerprint density at radius 2 is 1.97 bits per heavy atom. The lowest BCUT2D eigenvalue weighted by Crippen LogP contribution is -2.46. The summed E-state index contributed by atoms with van der Waals surface area (Å²) in [6, 6.07) is 12.1. The smallest absolute Gasteiger partial charge is 0.289 e. The number of hydrogen-bond acceptors (Lipinski definition) is 4. The second-order valence-corrected chi connectivity index (χ2v) is 8.62. The monoisotopic (exact) mass is 396 g/mol. The Hall–Kier alpha value is -2.11. The van der Waals surface area contributed by atoms with Gasteiger partial charge in [-0.1, -0.05) is 32.0 Å². The summed E-state index contributed by atoms with van der Waals surface area (Å²) in [6.45, 7) is 10.7. The molecule has 1 atom stereocenters. The quantitative estimate of drug-likeness (QED) is 0.758. The Balaban J connectivity index is 1.41. The molecule has 0 N–H and O–H groups in total. The summed E-state index contributed by atoms with van der Waals surface area (Å²) in [7, 11) is 0. The molecule has 0 unspecified atom stereocenters. The molecule has 4 rings (SSSR count). The lowest BCUT2D eigenvalue weighted by molar-refractivity contribution is 0.0220. The number of carbonyl (C=O) groups is 1. The van der Waals surface area contributed by atoms with E-state index in [4.69, 9.17) is 9.15 Å². The molecule has 29 heavy (non-hydrogen) atoms. The van der Waals surface area contributed by atoms with Crippen LogP contribution >= 0.6 is 0 Å². The maximum atomic E-state index is 13.1. The number of furan rings is 1. The molecule has 1 amide bonds. The zero-order valence-corrected chi connectivity index (χ0v) is 17.6. The third kappa shape index (κ3) is 4.90. The van der Waals surface area contributed by atoms with Crippen LogP contribution in [-0.4, -0.2) is 61.6 Å². The molecule has 5 heteroatoms. The van der Waals surface area contributed by atoms with Gasteiger partial charge in [0.25, 0.3) is 5.91 Å². The molecule has 0 bridgehead atoms. The van der Waals surface area contributed by atoms with Gasteiger partial charge >= 0.3 is 0 Å². The average Bonchev–Trinajstić information content (AvgIpc) is 3.24. The zero-order valence-electron chi connectivity index (χ0n) is 17.6. The van der Waals surface area contributed by atoms with Crippen LogP contribution in [0.2, 0.25) is 0 Å². The Bertz CT molecular complexity index is 823. The Kier molecular flexibility index (Phi) is 6.36. The van der Waals surface area contributed by atoms with Gasteiger partial charge in [-0.3, -0.25) is 9.69 Å². The lowest BCUT2D eigenvalue weighted by atomic mass is 9.97. The Labute approximate surface area is 173 Å². The van der Waals surface area contributed by atoms with Crippen LogP contribution in [-0.2, 0) is 4.74 Å². The first-order chi connectivity index (χ1) is 14.1. The van der Waals surface area contributed by atoms with E-state index in [1.165, 1.54) is 12.0 Å². The van der Waals surface area contributed by atoms with Gasteiger partial charge in [0.2, 0.25) is 0 Å². The first kappa shape index (κ1) is 20.2. The molecule has 0 spiro atoms. The number of nitrogens with zero attached hydrogens (tertiary/aromatic N) is 2. The molecule has 0 radical (unpaired) electrons. The van der Waals surface area contributed by atoms with Crippen LogP contribution in [0.1, 0.15) is 48.7 Å². The van der Waals surface area contributed by atoms with Gasteiger partial charge in [-0.05, 0) is 48.4 Å². The summed E-state index contributed by atoms with van der Waals surface area (Å²) < 4.78 is 11.4. The summed E-state index contributed by atoms with van der Waals surface area (Å²) in [6.07, 6.45) is 2.25. The van der Waals surface area contributed by atoms with Gasteiger partial charge in [-0.25, -0.2) is 0 Å². The molecule has 2 aromatic rings. The number of ether oxygens (including phenoxy) is 1. The van der Waals surface area contributed by atoms with Crippen molar-refractivity contribution >= 4 is 5.91 Å². The lowest BCUT2D eigenvalue weighted by Gasteiger charge is -2.36. The van der Waals surface area contributed by atoms with E-state index in [0.717, 1.165) is 63.7 Å². The molecular formula is C24H32N2O3.